The molecule has 1 unspecified atom stereocenters. The number of aromatic amines is 1. The van der Waals surface area contributed by atoms with Crippen LogP contribution in [0.1, 0.15) is 24.5 Å². The Labute approximate surface area is 110 Å². The van der Waals surface area contributed by atoms with Gasteiger partial charge in [0.2, 0.25) is 0 Å². The van der Waals surface area contributed by atoms with Gasteiger partial charge >= 0.3 is 0 Å². The molecule has 0 spiro atoms. The number of nitriles is 1. The van der Waals surface area contributed by atoms with E-state index < -0.39 is 0 Å². The Kier molecular flexibility index (Phi) is 2.80. The minimum Gasteiger partial charge on any atom is -0.350 e. The molecule has 19 heavy (non-hydrogen) atoms. The fourth-order valence-corrected chi connectivity index (χ4v) is 2.19. The number of hydrogen-bond donors (Lipinski definition) is 2. The van der Waals surface area contributed by atoms with Crippen molar-refractivity contribution in [2.45, 2.75) is 26.1 Å². The Hall–Kier alpha value is -2.55. The van der Waals surface area contributed by atoms with Crippen LogP contribution in [0, 0.1) is 11.3 Å². The van der Waals surface area contributed by atoms with Crippen molar-refractivity contribution < 1.29 is 0 Å². The molecule has 96 valence electrons. The molecule has 0 saturated heterocycles. The average Bonchev–Trinajstić information content (AvgIpc) is 3.03. The van der Waals surface area contributed by atoms with E-state index in [1.165, 1.54) is 0 Å². The average molecular weight is 254 g/mol. The van der Waals surface area contributed by atoms with E-state index in [0.717, 1.165) is 22.7 Å². The van der Waals surface area contributed by atoms with Gasteiger partial charge in [-0.3, -0.25) is 9.67 Å². The summed E-state index contributed by atoms with van der Waals surface area (Å²) in [6.07, 6.45) is 6.12. The van der Waals surface area contributed by atoms with E-state index in [4.69, 9.17) is 5.26 Å². The molecule has 2 aromatic rings. The van der Waals surface area contributed by atoms with Gasteiger partial charge in [0.15, 0.2) is 0 Å². The smallest absolute Gasteiger partial charge is 0.117 e. The van der Waals surface area contributed by atoms with Crippen molar-refractivity contribution in [1.29, 1.82) is 5.26 Å². The van der Waals surface area contributed by atoms with Crippen LogP contribution in [-0.2, 0) is 6.54 Å². The van der Waals surface area contributed by atoms with E-state index >= 15 is 0 Å². The van der Waals surface area contributed by atoms with E-state index in [-0.39, 0.29) is 6.17 Å². The highest BCUT2D eigenvalue weighted by molar-refractivity contribution is 6.16. The zero-order chi connectivity index (χ0) is 13.2. The summed E-state index contributed by atoms with van der Waals surface area (Å²) in [6.45, 7) is 2.61. The molecule has 1 aliphatic rings. The Morgan fingerprint density at radius 3 is 3.26 bits per heavy atom. The van der Waals surface area contributed by atoms with Crippen LogP contribution in [0.25, 0.3) is 0 Å². The fraction of sp³-hybridized carbons (Fsp3) is 0.308. The zero-order valence-electron chi connectivity index (χ0n) is 10.6. The highest BCUT2D eigenvalue weighted by Crippen LogP contribution is 2.24. The topological polar surface area (TPSA) is 81.8 Å². The van der Waals surface area contributed by atoms with Crippen molar-refractivity contribution in [3.63, 3.8) is 0 Å². The number of anilines is 1. The number of aromatic nitrogens is 3. The maximum atomic E-state index is 8.59. The zero-order valence-corrected chi connectivity index (χ0v) is 10.6. The van der Waals surface area contributed by atoms with Crippen molar-refractivity contribution in [2.24, 2.45) is 4.99 Å². The van der Waals surface area contributed by atoms with E-state index in [0.29, 0.717) is 13.0 Å². The third-order valence-electron chi connectivity index (χ3n) is 3.04. The summed E-state index contributed by atoms with van der Waals surface area (Å²) >= 11 is 0. The summed E-state index contributed by atoms with van der Waals surface area (Å²) < 4.78 is 1.78. The molecular weight excluding hydrogens is 240 g/mol. The standard InChI is InChI=1S/C13H14N6/c1-9-17-12(11-3-5-15-13(11)18-9)10-7-16-19(8-10)6-2-4-14/h3,5,7-9,15,18H,2,6H2,1H3. The van der Waals surface area contributed by atoms with Crippen LogP contribution in [0.15, 0.2) is 29.6 Å². The summed E-state index contributed by atoms with van der Waals surface area (Å²) in [7, 11) is 0. The summed E-state index contributed by atoms with van der Waals surface area (Å²) in [5.74, 6) is 0.988. The molecule has 3 rings (SSSR count). The lowest BCUT2D eigenvalue weighted by Crippen LogP contribution is -2.23. The molecule has 0 aliphatic carbocycles. The molecule has 1 aliphatic heterocycles. The third kappa shape index (κ3) is 2.10. The Balaban J connectivity index is 1.93. The normalized spacial score (nSPS) is 17.3. The van der Waals surface area contributed by atoms with E-state index in [9.17, 15) is 0 Å². The number of nitrogens with one attached hydrogen (secondary N) is 2. The molecule has 2 aromatic heterocycles. The Bertz CT molecular complexity index is 657. The molecule has 0 aromatic carbocycles. The second kappa shape index (κ2) is 4.61. The highest BCUT2D eigenvalue weighted by Gasteiger charge is 2.20. The van der Waals surface area contributed by atoms with Gasteiger partial charge in [-0.25, -0.2) is 0 Å². The lowest BCUT2D eigenvalue weighted by molar-refractivity contribution is 0.627. The molecule has 2 N–H and O–H groups in total. The molecule has 0 fully saturated rings. The first-order chi connectivity index (χ1) is 9.28. The van der Waals surface area contributed by atoms with Crippen molar-refractivity contribution in [2.75, 3.05) is 5.32 Å². The summed E-state index contributed by atoms with van der Waals surface area (Å²) in [5, 5.41) is 16.1. The fourth-order valence-electron chi connectivity index (χ4n) is 2.19. The predicted molar refractivity (Wildman–Crippen MR) is 72.0 cm³/mol. The molecule has 0 bridgehead atoms. The number of aryl methyl sites for hydroxylation is 1. The number of aliphatic imine (C=N–C) groups is 1. The second-order valence-corrected chi connectivity index (χ2v) is 4.46. The number of fused-ring (bicyclic) bond motifs is 1. The predicted octanol–water partition coefficient (Wildman–Crippen LogP) is 1.73. The Morgan fingerprint density at radius 2 is 2.42 bits per heavy atom. The van der Waals surface area contributed by atoms with E-state index in [2.05, 4.69) is 26.5 Å². The van der Waals surface area contributed by atoms with Crippen LogP contribution in [0.3, 0.4) is 0 Å². The van der Waals surface area contributed by atoms with Gasteiger partial charge in [-0.05, 0) is 13.0 Å². The number of rotatable bonds is 3. The van der Waals surface area contributed by atoms with Gasteiger partial charge in [-0.2, -0.15) is 10.4 Å². The largest absolute Gasteiger partial charge is 0.350 e. The lowest BCUT2D eigenvalue weighted by Gasteiger charge is -2.19. The SMILES string of the molecule is CC1N=C(c2cnn(CCC#N)c2)c2cc[nH]c2N1. The first kappa shape index (κ1) is 11.5. The molecule has 3 heterocycles. The minimum atomic E-state index is 0.0311. The first-order valence-corrected chi connectivity index (χ1v) is 6.20. The van der Waals surface area contributed by atoms with Crippen molar-refractivity contribution in [3.05, 3.63) is 35.8 Å². The van der Waals surface area contributed by atoms with Gasteiger partial charge in [0.05, 0.1) is 30.9 Å². The molecule has 0 saturated carbocycles. The van der Waals surface area contributed by atoms with Gasteiger partial charge in [0, 0.05) is 23.5 Å². The number of hydrogen-bond acceptors (Lipinski definition) is 4. The van der Waals surface area contributed by atoms with Gasteiger partial charge < -0.3 is 10.3 Å². The van der Waals surface area contributed by atoms with Crippen molar-refractivity contribution >= 4 is 11.5 Å². The summed E-state index contributed by atoms with van der Waals surface area (Å²) in [4.78, 5) is 7.79. The maximum Gasteiger partial charge on any atom is 0.117 e. The maximum absolute atomic E-state index is 8.59. The molecule has 0 radical (unpaired) electrons. The quantitative estimate of drug-likeness (QED) is 0.875. The molecule has 1 atom stereocenters. The number of nitrogens with zero attached hydrogens (tertiary/aromatic N) is 4. The van der Waals surface area contributed by atoms with Crippen LogP contribution >= 0.6 is 0 Å². The molecule has 6 heteroatoms. The number of H-pyrrole nitrogens is 1. The van der Waals surface area contributed by atoms with Gasteiger partial charge in [0.25, 0.3) is 0 Å². The van der Waals surface area contributed by atoms with E-state index in [1.807, 2.05) is 25.4 Å². The van der Waals surface area contributed by atoms with Crippen LogP contribution in [0.5, 0.6) is 0 Å². The Morgan fingerprint density at radius 1 is 1.53 bits per heavy atom. The summed E-state index contributed by atoms with van der Waals surface area (Å²) in [6, 6.07) is 4.12. The molecular formula is C13H14N6. The highest BCUT2D eigenvalue weighted by atomic mass is 15.3. The monoisotopic (exact) mass is 254 g/mol. The van der Waals surface area contributed by atoms with Crippen LogP contribution < -0.4 is 5.32 Å². The van der Waals surface area contributed by atoms with Gasteiger partial charge in [-0.1, -0.05) is 0 Å². The van der Waals surface area contributed by atoms with Crippen molar-refractivity contribution in [1.82, 2.24) is 14.8 Å². The molecule has 6 nitrogen and oxygen atoms in total. The van der Waals surface area contributed by atoms with Crippen LogP contribution in [0.2, 0.25) is 0 Å². The second-order valence-electron chi connectivity index (χ2n) is 4.46. The van der Waals surface area contributed by atoms with E-state index in [1.54, 1.807) is 10.9 Å². The minimum absolute atomic E-state index is 0.0311. The van der Waals surface area contributed by atoms with Gasteiger partial charge in [0.1, 0.15) is 12.0 Å². The summed E-state index contributed by atoms with van der Waals surface area (Å²) in [5.41, 5.74) is 2.97. The van der Waals surface area contributed by atoms with Crippen LogP contribution in [0.4, 0.5) is 5.82 Å². The van der Waals surface area contributed by atoms with Crippen LogP contribution in [-0.4, -0.2) is 26.6 Å². The first-order valence-electron chi connectivity index (χ1n) is 6.20. The van der Waals surface area contributed by atoms with Gasteiger partial charge in [-0.15, -0.1) is 0 Å². The van der Waals surface area contributed by atoms with Crippen molar-refractivity contribution in [3.8, 4) is 6.07 Å². The third-order valence-corrected chi connectivity index (χ3v) is 3.04. The lowest BCUT2D eigenvalue weighted by atomic mass is 10.1. The molecule has 0 amide bonds.